The molecule has 0 aliphatic rings. The molecule has 0 amide bonds. The summed E-state index contributed by atoms with van der Waals surface area (Å²) in [6.07, 6.45) is 9.41. The molecular weight excluding hydrogens is 324 g/mol. The molecule has 5 heteroatoms. The molecule has 0 saturated heterocycles. The third kappa shape index (κ3) is 4.07. The second kappa shape index (κ2) is 7.80. The molecule has 130 valence electrons. The number of pyridine rings is 1. The number of nitrogens with zero attached hydrogens (tertiary/aromatic N) is 4. The maximum atomic E-state index is 5.54. The van der Waals surface area contributed by atoms with Gasteiger partial charge in [-0.05, 0) is 35.9 Å². The molecule has 3 heterocycles. The Hall–Kier alpha value is -3.18. The molecule has 0 fully saturated rings. The molecule has 0 atom stereocenters. The highest BCUT2D eigenvalue weighted by molar-refractivity contribution is 5.30. The van der Waals surface area contributed by atoms with Crippen LogP contribution in [0, 0.1) is 0 Å². The first-order chi connectivity index (χ1) is 12.9. The largest absolute Gasteiger partial charge is 0.468 e. The van der Waals surface area contributed by atoms with Gasteiger partial charge in [0.05, 0.1) is 24.7 Å². The van der Waals surface area contributed by atoms with E-state index in [-0.39, 0.29) is 0 Å². The predicted octanol–water partition coefficient (Wildman–Crippen LogP) is 4.06. The van der Waals surface area contributed by atoms with E-state index in [0.717, 1.165) is 36.6 Å². The summed E-state index contributed by atoms with van der Waals surface area (Å²) < 4.78 is 7.44. The quantitative estimate of drug-likeness (QED) is 0.507. The highest BCUT2D eigenvalue weighted by Gasteiger charge is 2.12. The SMILES string of the molecule is c1ccc(-n2cc(CN(Cc3cccnc3)Cc3ccco3)cn2)cc1. The summed E-state index contributed by atoms with van der Waals surface area (Å²) in [4.78, 5) is 6.54. The van der Waals surface area contributed by atoms with Crippen molar-refractivity contribution in [2.24, 2.45) is 0 Å². The first kappa shape index (κ1) is 16.3. The van der Waals surface area contributed by atoms with Crippen molar-refractivity contribution in [3.63, 3.8) is 0 Å². The number of aromatic nitrogens is 3. The van der Waals surface area contributed by atoms with Crippen LogP contribution in [0.2, 0.25) is 0 Å². The second-order valence-electron chi connectivity index (χ2n) is 6.21. The zero-order valence-corrected chi connectivity index (χ0v) is 14.4. The van der Waals surface area contributed by atoms with E-state index in [1.54, 1.807) is 12.5 Å². The fourth-order valence-electron chi connectivity index (χ4n) is 2.96. The number of hydrogen-bond acceptors (Lipinski definition) is 4. The maximum Gasteiger partial charge on any atom is 0.117 e. The Labute approximate surface area is 152 Å². The van der Waals surface area contributed by atoms with E-state index >= 15 is 0 Å². The average molecular weight is 344 g/mol. The van der Waals surface area contributed by atoms with Crippen molar-refractivity contribution in [2.75, 3.05) is 0 Å². The molecule has 3 aromatic heterocycles. The van der Waals surface area contributed by atoms with Gasteiger partial charge >= 0.3 is 0 Å². The number of benzene rings is 1. The van der Waals surface area contributed by atoms with Crippen LogP contribution in [0.1, 0.15) is 16.9 Å². The van der Waals surface area contributed by atoms with Crippen molar-refractivity contribution < 1.29 is 4.42 Å². The summed E-state index contributed by atoms with van der Waals surface area (Å²) in [6.45, 7) is 2.31. The minimum Gasteiger partial charge on any atom is -0.468 e. The second-order valence-corrected chi connectivity index (χ2v) is 6.21. The van der Waals surface area contributed by atoms with Gasteiger partial charge in [0.15, 0.2) is 0 Å². The molecule has 1 aromatic carbocycles. The summed E-state index contributed by atoms with van der Waals surface area (Å²) >= 11 is 0. The molecule has 5 nitrogen and oxygen atoms in total. The third-order valence-corrected chi connectivity index (χ3v) is 4.15. The molecule has 4 rings (SSSR count). The van der Waals surface area contributed by atoms with Gasteiger partial charge < -0.3 is 4.42 Å². The molecule has 0 bridgehead atoms. The van der Waals surface area contributed by atoms with E-state index in [1.165, 1.54) is 5.56 Å². The van der Waals surface area contributed by atoms with Crippen molar-refractivity contribution >= 4 is 0 Å². The Bertz CT molecular complexity index is 917. The normalized spacial score (nSPS) is 11.1. The molecule has 0 unspecified atom stereocenters. The van der Waals surface area contributed by atoms with E-state index in [9.17, 15) is 0 Å². The molecular formula is C21H20N4O. The van der Waals surface area contributed by atoms with Gasteiger partial charge in [-0.2, -0.15) is 5.10 Å². The van der Waals surface area contributed by atoms with Crippen LogP contribution in [-0.2, 0) is 19.6 Å². The maximum absolute atomic E-state index is 5.54. The summed E-state index contributed by atoms with van der Waals surface area (Å²) in [7, 11) is 0. The molecule has 0 saturated carbocycles. The minimum absolute atomic E-state index is 0.735. The van der Waals surface area contributed by atoms with E-state index in [0.29, 0.717) is 0 Å². The Morgan fingerprint density at radius 3 is 2.50 bits per heavy atom. The van der Waals surface area contributed by atoms with Crippen molar-refractivity contribution in [2.45, 2.75) is 19.6 Å². The number of furan rings is 1. The topological polar surface area (TPSA) is 47.1 Å². The Kier molecular flexibility index (Phi) is 4.89. The number of rotatable bonds is 7. The molecule has 0 aliphatic heterocycles. The van der Waals surface area contributed by atoms with E-state index in [1.807, 2.05) is 65.6 Å². The van der Waals surface area contributed by atoms with Gasteiger partial charge in [0.2, 0.25) is 0 Å². The molecule has 0 radical (unpaired) electrons. The Balaban J connectivity index is 1.51. The molecule has 0 N–H and O–H groups in total. The Morgan fingerprint density at radius 1 is 0.846 bits per heavy atom. The van der Waals surface area contributed by atoms with Crippen LogP contribution in [0.25, 0.3) is 5.69 Å². The standard InChI is InChI=1S/C21H20N4O/c1-2-7-20(8-3-1)25-16-19(13-23-25)15-24(17-21-9-5-11-26-21)14-18-6-4-10-22-12-18/h1-13,16H,14-15,17H2. The highest BCUT2D eigenvalue weighted by atomic mass is 16.3. The lowest BCUT2D eigenvalue weighted by molar-refractivity contribution is 0.226. The van der Waals surface area contributed by atoms with Crippen LogP contribution in [0.3, 0.4) is 0 Å². The number of hydrogen-bond donors (Lipinski definition) is 0. The smallest absolute Gasteiger partial charge is 0.117 e. The lowest BCUT2D eigenvalue weighted by atomic mass is 10.2. The molecule has 0 aliphatic carbocycles. The fourth-order valence-corrected chi connectivity index (χ4v) is 2.96. The molecule has 26 heavy (non-hydrogen) atoms. The summed E-state index contributed by atoms with van der Waals surface area (Å²) in [6, 6.07) is 18.1. The van der Waals surface area contributed by atoms with Gasteiger partial charge in [-0.1, -0.05) is 24.3 Å². The van der Waals surface area contributed by atoms with Crippen molar-refractivity contribution in [3.8, 4) is 5.69 Å². The lowest BCUT2D eigenvalue weighted by Gasteiger charge is -2.20. The van der Waals surface area contributed by atoms with Crippen LogP contribution in [0.5, 0.6) is 0 Å². The van der Waals surface area contributed by atoms with Gasteiger partial charge in [0, 0.05) is 37.2 Å². The highest BCUT2D eigenvalue weighted by Crippen LogP contribution is 2.15. The average Bonchev–Trinajstić information content (AvgIpc) is 3.35. The van der Waals surface area contributed by atoms with Gasteiger partial charge in [0.25, 0.3) is 0 Å². The molecule has 4 aromatic rings. The minimum atomic E-state index is 0.735. The van der Waals surface area contributed by atoms with E-state index in [2.05, 4.69) is 27.2 Å². The van der Waals surface area contributed by atoms with Crippen molar-refractivity contribution in [1.82, 2.24) is 19.7 Å². The molecule has 0 spiro atoms. The van der Waals surface area contributed by atoms with Crippen LogP contribution in [0.15, 0.2) is 90.1 Å². The van der Waals surface area contributed by atoms with Crippen LogP contribution < -0.4 is 0 Å². The van der Waals surface area contributed by atoms with Crippen molar-refractivity contribution in [1.29, 1.82) is 0 Å². The van der Waals surface area contributed by atoms with Crippen molar-refractivity contribution in [3.05, 3.63) is 103 Å². The van der Waals surface area contributed by atoms with Crippen LogP contribution in [0.4, 0.5) is 0 Å². The van der Waals surface area contributed by atoms with E-state index in [4.69, 9.17) is 4.42 Å². The van der Waals surface area contributed by atoms with Gasteiger partial charge in [-0.3, -0.25) is 9.88 Å². The zero-order chi connectivity index (χ0) is 17.6. The van der Waals surface area contributed by atoms with Gasteiger partial charge in [0.1, 0.15) is 5.76 Å². The summed E-state index contributed by atoms with van der Waals surface area (Å²) in [5.74, 6) is 0.948. The monoisotopic (exact) mass is 344 g/mol. The van der Waals surface area contributed by atoms with E-state index < -0.39 is 0 Å². The first-order valence-corrected chi connectivity index (χ1v) is 8.59. The fraction of sp³-hybridized carbons (Fsp3) is 0.143. The van der Waals surface area contributed by atoms with Gasteiger partial charge in [-0.25, -0.2) is 4.68 Å². The zero-order valence-electron chi connectivity index (χ0n) is 14.4. The Morgan fingerprint density at radius 2 is 1.73 bits per heavy atom. The number of para-hydroxylation sites is 1. The predicted molar refractivity (Wildman–Crippen MR) is 99.5 cm³/mol. The third-order valence-electron chi connectivity index (χ3n) is 4.15. The summed E-state index contributed by atoms with van der Waals surface area (Å²) in [5.41, 5.74) is 3.39. The van der Waals surface area contributed by atoms with Crippen LogP contribution in [-0.4, -0.2) is 19.7 Å². The summed E-state index contributed by atoms with van der Waals surface area (Å²) in [5, 5.41) is 4.50. The lowest BCUT2D eigenvalue weighted by Crippen LogP contribution is -2.22. The van der Waals surface area contributed by atoms with Crippen LogP contribution >= 0.6 is 0 Å². The van der Waals surface area contributed by atoms with Gasteiger partial charge in [-0.15, -0.1) is 0 Å². The first-order valence-electron chi connectivity index (χ1n) is 8.59.